The summed E-state index contributed by atoms with van der Waals surface area (Å²) in [5, 5.41) is 0.324. The number of ether oxygens (including phenoxy) is 1. The highest BCUT2D eigenvalue weighted by Gasteiger charge is 2.18. The minimum absolute atomic E-state index is 0.299. The first-order valence-corrected chi connectivity index (χ1v) is 7.83. The zero-order valence-electron chi connectivity index (χ0n) is 11.6. The molecule has 2 nitrogen and oxygen atoms in total. The Kier molecular flexibility index (Phi) is 5.62. The van der Waals surface area contributed by atoms with Crippen molar-refractivity contribution in [3.63, 3.8) is 0 Å². The molecule has 112 valence electrons. The van der Waals surface area contributed by atoms with Crippen molar-refractivity contribution >= 4 is 27.5 Å². The van der Waals surface area contributed by atoms with Gasteiger partial charge in [-0.05, 0) is 52.2 Å². The molecule has 0 aliphatic heterocycles. The van der Waals surface area contributed by atoms with Crippen LogP contribution < -0.4 is 10.5 Å². The molecule has 2 N–H and O–H groups in total. The third-order valence-corrected chi connectivity index (χ3v) is 4.04. The van der Waals surface area contributed by atoms with Crippen molar-refractivity contribution in [1.29, 1.82) is 0 Å². The molecule has 0 bridgehead atoms. The molecular formula is C16H16BrClFNO. The highest BCUT2D eigenvalue weighted by atomic mass is 79.9. The summed E-state index contributed by atoms with van der Waals surface area (Å²) in [6.07, 6.45) is 0.929. The van der Waals surface area contributed by atoms with E-state index in [1.165, 1.54) is 6.07 Å². The molecule has 0 aromatic heterocycles. The van der Waals surface area contributed by atoms with E-state index in [1.807, 2.05) is 25.1 Å². The van der Waals surface area contributed by atoms with Gasteiger partial charge in [0.1, 0.15) is 11.6 Å². The van der Waals surface area contributed by atoms with Crippen LogP contribution in [0.25, 0.3) is 0 Å². The summed E-state index contributed by atoms with van der Waals surface area (Å²) in [6.45, 7) is 2.68. The molecule has 0 saturated heterocycles. The Labute approximate surface area is 137 Å². The molecular weight excluding hydrogens is 357 g/mol. The van der Waals surface area contributed by atoms with Gasteiger partial charge in [0.05, 0.1) is 17.1 Å². The van der Waals surface area contributed by atoms with Gasteiger partial charge in [0, 0.05) is 10.6 Å². The molecule has 2 rings (SSSR count). The summed E-state index contributed by atoms with van der Waals surface area (Å²) in [7, 11) is 0. The van der Waals surface area contributed by atoms with Gasteiger partial charge in [-0.3, -0.25) is 0 Å². The summed E-state index contributed by atoms with van der Waals surface area (Å²) >= 11 is 9.51. The molecule has 0 aliphatic carbocycles. The van der Waals surface area contributed by atoms with Crippen molar-refractivity contribution in [3.05, 3.63) is 62.8 Å². The summed E-state index contributed by atoms with van der Waals surface area (Å²) in [5.41, 5.74) is 7.21. The second-order valence-corrected chi connectivity index (χ2v) is 5.91. The average Bonchev–Trinajstić information content (AvgIpc) is 2.45. The fourth-order valence-corrected chi connectivity index (χ4v) is 2.81. The molecule has 2 aromatic carbocycles. The first-order valence-electron chi connectivity index (χ1n) is 6.66. The Morgan fingerprint density at radius 1 is 1.33 bits per heavy atom. The van der Waals surface area contributed by atoms with Gasteiger partial charge in [0.15, 0.2) is 0 Å². The molecule has 0 aliphatic rings. The number of hydrogen-bond acceptors (Lipinski definition) is 2. The van der Waals surface area contributed by atoms with E-state index in [1.54, 1.807) is 12.1 Å². The Balaban J connectivity index is 2.32. The van der Waals surface area contributed by atoms with Gasteiger partial charge in [-0.1, -0.05) is 30.7 Å². The van der Waals surface area contributed by atoms with Crippen LogP contribution >= 0.6 is 27.5 Å². The molecule has 0 fully saturated rings. The van der Waals surface area contributed by atoms with Crippen LogP contribution in [-0.4, -0.2) is 6.61 Å². The second-order valence-electron chi connectivity index (χ2n) is 4.65. The van der Waals surface area contributed by atoms with Gasteiger partial charge in [-0.25, -0.2) is 4.39 Å². The second kappa shape index (κ2) is 7.25. The highest BCUT2D eigenvalue weighted by molar-refractivity contribution is 9.10. The monoisotopic (exact) mass is 371 g/mol. The van der Waals surface area contributed by atoms with Gasteiger partial charge in [-0.2, -0.15) is 0 Å². The van der Waals surface area contributed by atoms with Gasteiger partial charge in [0.25, 0.3) is 0 Å². The van der Waals surface area contributed by atoms with Crippen LogP contribution in [0, 0.1) is 5.82 Å². The van der Waals surface area contributed by atoms with Crippen LogP contribution in [0.1, 0.15) is 30.5 Å². The molecule has 0 radical (unpaired) electrons. The molecule has 21 heavy (non-hydrogen) atoms. The molecule has 5 heteroatoms. The van der Waals surface area contributed by atoms with E-state index in [2.05, 4.69) is 15.9 Å². The lowest BCUT2D eigenvalue weighted by molar-refractivity contribution is 0.315. The molecule has 0 amide bonds. The summed E-state index contributed by atoms with van der Waals surface area (Å²) in [6, 6.07) is 9.40. The zero-order chi connectivity index (χ0) is 15.4. The molecule has 0 spiro atoms. The van der Waals surface area contributed by atoms with Gasteiger partial charge in [-0.15, -0.1) is 0 Å². The molecule has 0 saturated carbocycles. The van der Waals surface area contributed by atoms with Crippen LogP contribution in [0.15, 0.2) is 40.9 Å². The third-order valence-electron chi connectivity index (χ3n) is 3.09. The lowest BCUT2D eigenvalue weighted by atomic mass is 9.99. The third kappa shape index (κ3) is 3.76. The van der Waals surface area contributed by atoms with Crippen LogP contribution in [-0.2, 0) is 0 Å². The smallest absolute Gasteiger partial charge is 0.133 e. The van der Waals surface area contributed by atoms with Crippen molar-refractivity contribution in [1.82, 2.24) is 0 Å². The first kappa shape index (κ1) is 16.3. The molecule has 0 heterocycles. The molecule has 1 unspecified atom stereocenters. The number of benzene rings is 2. The molecule has 2 aromatic rings. The standard InChI is InChI=1S/C16H16BrClFNO/c1-2-8-21-14-7-6-10(9-11(14)17)16(20)15-12(18)4-3-5-13(15)19/h3-7,9,16H,2,8,20H2,1H3. The SMILES string of the molecule is CCCOc1ccc(C(N)c2c(F)cccc2Cl)cc1Br. The zero-order valence-corrected chi connectivity index (χ0v) is 13.9. The lowest BCUT2D eigenvalue weighted by Gasteiger charge is -2.16. The van der Waals surface area contributed by atoms with Crippen LogP contribution in [0.3, 0.4) is 0 Å². The van der Waals surface area contributed by atoms with Crippen LogP contribution in [0.4, 0.5) is 4.39 Å². The predicted octanol–water partition coefficient (Wildman–Crippen LogP) is 5.08. The number of halogens is 3. The quantitative estimate of drug-likeness (QED) is 0.794. The average molecular weight is 373 g/mol. The van der Waals surface area contributed by atoms with Crippen molar-refractivity contribution in [2.75, 3.05) is 6.61 Å². The van der Waals surface area contributed by atoms with E-state index in [0.717, 1.165) is 22.2 Å². The van der Waals surface area contributed by atoms with E-state index in [9.17, 15) is 4.39 Å². The van der Waals surface area contributed by atoms with Crippen molar-refractivity contribution < 1.29 is 9.13 Å². The maximum absolute atomic E-state index is 13.9. The maximum atomic E-state index is 13.9. The molecule has 1 atom stereocenters. The minimum atomic E-state index is -0.629. The Bertz CT molecular complexity index is 615. The highest BCUT2D eigenvalue weighted by Crippen LogP contribution is 2.33. The number of nitrogens with two attached hydrogens (primary N) is 1. The van der Waals surface area contributed by atoms with Crippen molar-refractivity contribution in [3.8, 4) is 5.75 Å². The topological polar surface area (TPSA) is 35.2 Å². The Morgan fingerprint density at radius 3 is 2.71 bits per heavy atom. The predicted molar refractivity (Wildman–Crippen MR) is 87.4 cm³/mol. The largest absolute Gasteiger partial charge is 0.492 e. The van der Waals surface area contributed by atoms with Crippen molar-refractivity contribution in [2.45, 2.75) is 19.4 Å². The summed E-state index contributed by atoms with van der Waals surface area (Å²) in [5.74, 6) is 0.338. The van der Waals surface area contributed by atoms with E-state index in [4.69, 9.17) is 22.1 Å². The van der Waals surface area contributed by atoms with Gasteiger partial charge in [0.2, 0.25) is 0 Å². The Morgan fingerprint density at radius 2 is 2.10 bits per heavy atom. The van der Waals surface area contributed by atoms with E-state index < -0.39 is 11.9 Å². The van der Waals surface area contributed by atoms with E-state index in [0.29, 0.717) is 17.2 Å². The van der Waals surface area contributed by atoms with Gasteiger partial charge < -0.3 is 10.5 Å². The minimum Gasteiger partial charge on any atom is -0.492 e. The van der Waals surface area contributed by atoms with Gasteiger partial charge >= 0.3 is 0 Å². The first-order chi connectivity index (χ1) is 10.0. The normalized spacial score (nSPS) is 12.2. The fourth-order valence-electron chi connectivity index (χ4n) is 2.01. The fraction of sp³-hybridized carbons (Fsp3) is 0.250. The number of rotatable bonds is 5. The van der Waals surface area contributed by atoms with Crippen LogP contribution in [0.5, 0.6) is 5.75 Å². The van der Waals surface area contributed by atoms with E-state index in [-0.39, 0.29) is 0 Å². The number of hydrogen-bond donors (Lipinski definition) is 1. The van der Waals surface area contributed by atoms with Crippen LogP contribution in [0.2, 0.25) is 5.02 Å². The van der Waals surface area contributed by atoms with Crippen molar-refractivity contribution in [2.24, 2.45) is 5.73 Å². The summed E-state index contributed by atoms with van der Waals surface area (Å²) < 4.78 is 20.3. The Hall–Kier alpha value is -1.10. The maximum Gasteiger partial charge on any atom is 0.133 e. The lowest BCUT2D eigenvalue weighted by Crippen LogP contribution is -2.14. The summed E-state index contributed by atoms with van der Waals surface area (Å²) in [4.78, 5) is 0. The van der Waals surface area contributed by atoms with E-state index >= 15 is 0 Å².